The maximum Gasteiger partial charge on any atom is 0.290 e. The zero-order chi connectivity index (χ0) is 22.9. The molecule has 0 unspecified atom stereocenters. The number of rotatable bonds is 6. The van der Waals surface area contributed by atoms with Crippen molar-refractivity contribution in [2.75, 3.05) is 0 Å². The van der Waals surface area contributed by atoms with Crippen molar-refractivity contribution in [2.24, 2.45) is 0 Å². The molecular formula is C25H22ClNO4S. The summed E-state index contributed by atoms with van der Waals surface area (Å²) in [5.41, 5.74) is 2.47. The van der Waals surface area contributed by atoms with Crippen molar-refractivity contribution in [3.05, 3.63) is 111 Å². The fourth-order valence-corrected chi connectivity index (χ4v) is 5.64. The van der Waals surface area contributed by atoms with Gasteiger partial charge >= 0.3 is 0 Å². The molecule has 7 heteroatoms. The molecule has 4 rings (SSSR count). The summed E-state index contributed by atoms with van der Waals surface area (Å²) in [4.78, 5) is 14.2. The Balaban J connectivity index is 1.84. The van der Waals surface area contributed by atoms with Crippen LogP contribution in [0, 0.1) is 0 Å². The van der Waals surface area contributed by atoms with Crippen LogP contribution in [0.3, 0.4) is 0 Å². The number of aliphatic hydroxyl groups is 1. The van der Waals surface area contributed by atoms with Crippen molar-refractivity contribution < 1.29 is 18.3 Å². The number of halogens is 1. The number of carbonyl (C=O) groups is 1. The van der Waals surface area contributed by atoms with Gasteiger partial charge in [0, 0.05) is 11.6 Å². The number of benzene rings is 3. The molecule has 1 amide bonds. The fourth-order valence-electron chi connectivity index (χ4n) is 3.85. The molecule has 164 valence electrons. The van der Waals surface area contributed by atoms with E-state index in [1.807, 2.05) is 31.2 Å². The van der Waals surface area contributed by atoms with Crippen LogP contribution in [0.2, 0.25) is 5.02 Å². The third-order valence-electron chi connectivity index (χ3n) is 5.57. The average Bonchev–Trinajstić information content (AvgIpc) is 3.06. The Morgan fingerprint density at radius 1 is 0.906 bits per heavy atom. The Morgan fingerprint density at radius 2 is 1.50 bits per heavy atom. The Hall–Kier alpha value is -3.09. The zero-order valence-electron chi connectivity index (χ0n) is 17.4. The van der Waals surface area contributed by atoms with E-state index in [0.29, 0.717) is 10.6 Å². The molecule has 0 radical (unpaired) electrons. The highest BCUT2D eigenvalue weighted by atomic mass is 35.5. The van der Waals surface area contributed by atoms with E-state index in [9.17, 15) is 18.3 Å². The predicted octanol–water partition coefficient (Wildman–Crippen LogP) is 5.23. The standard InChI is InChI=1S/C25H22ClNO4S/c1-2-17-8-12-19(13-9-17)22-24(32(30,31)21-6-4-3-5-7-21)23(28)25(29)27(22)16-18-10-14-20(26)15-11-18/h3-15,22,28H,2,16H2,1H3/t22-/m1/s1. The van der Waals surface area contributed by atoms with Crippen LogP contribution >= 0.6 is 11.6 Å². The quantitative estimate of drug-likeness (QED) is 0.538. The molecule has 1 heterocycles. The highest BCUT2D eigenvalue weighted by molar-refractivity contribution is 7.95. The van der Waals surface area contributed by atoms with Crippen LogP contribution in [-0.2, 0) is 27.6 Å². The summed E-state index contributed by atoms with van der Waals surface area (Å²) in [6.45, 7) is 2.14. The molecule has 1 N–H and O–H groups in total. The maximum atomic E-state index is 13.5. The molecule has 0 bridgehead atoms. The van der Waals surface area contributed by atoms with Gasteiger partial charge in [-0.25, -0.2) is 8.42 Å². The van der Waals surface area contributed by atoms with E-state index in [1.54, 1.807) is 42.5 Å². The first-order valence-corrected chi connectivity index (χ1v) is 12.1. The lowest BCUT2D eigenvalue weighted by Gasteiger charge is -2.27. The number of aliphatic hydroxyl groups excluding tert-OH is 1. The van der Waals surface area contributed by atoms with Crippen molar-refractivity contribution >= 4 is 27.3 Å². The Morgan fingerprint density at radius 3 is 2.09 bits per heavy atom. The molecule has 0 aliphatic carbocycles. The third kappa shape index (κ3) is 4.04. The molecule has 1 atom stereocenters. The average molecular weight is 468 g/mol. The van der Waals surface area contributed by atoms with Crippen molar-refractivity contribution in [2.45, 2.75) is 30.8 Å². The second-order valence-electron chi connectivity index (χ2n) is 7.59. The van der Waals surface area contributed by atoms with Gasteiger partial charge < -0.3 is 10.0 Å². The zero-order valence-corrected chi connectivity index (χ0v) is 19.0. The SMILES string of the molecule is CCc1ccc([C@@H]2C(S(=O)(=O)c3ccccc3)=C(O)C(=O)N2Cc2ccc(Cl)cc2)cc1. The van der Waals surface area contributed by atoms with Crippen molar-refractivity contribution in [1.82, 2.24) is 4.90 Å². The first kappa shape index (κ1) is 22.1. The number of amides is 1. The number of sulfone groups is 1. The van der Waals surface area contributed by atoms with Crippen LogP contribution in [0.15, 0.2) is 94.4 Å². The summed E-state index contributed by atoms with van der Waals surface area (Å²) in [6.07, 6.45) is 0.828. The van der Waals surface area contributed by atoms with E-state index in [-0.39, 0.29) is 16.3 Å². The predicted molar refractivity (Wildman–Crippen MR) is 124 cm³/mol. The first-order valence-electron chi connectivity index (χ1n) is 10.2. The van der Waals surface area contributed by atoms with E-state index in [4.69, 9.17) is 11.6 Å². The van der Waals surface area contributed by atoms with E-state index in [1.165, 1.54) is 17.0 Å². The summed E-state index contributed by atoms with van der Waals surface area (Å²) in [5, 5.41) is 11.3. The topological polar surface area (TPSA) is 74.7 Å². The Bertz CT molecular complexity index is 1270. The molecule has 32 heavy (non-hydrogen) atoms. The van der Waals surface area contributed by atoms with E-state index in [2.05, 4.69) is 0 Å². The van der Waals surface area contributed by atoms with Gasteiger partial charge in [0.05, 0.1) is 10.9 Å². The lowest BCUT2D eigenvalue weighted by molar-refractivity contribution is -0.130. The molecule has 3 aromatic carbocycles. The third-order valence-corrected chi connectivity index (χ3v) is 7.71. The van der Waals surface area contributed by atoms with E-state index in [0.717, 1.165) is 17.5 Å². The number of aryl methyl sites for hydroxylation is 1. The Kier molecular flexibility index (Phi) is 6.09. The van der Waals surface area contributed by atoms with Gasteiger partial charge in [-0.1, -0.05) is 73.1 Å². The molecule has 0 saturated carbocycles. The number of nitrogens with zero attached hydrogens (tertiary/aromatic N) is 1. The molecule has 1 aliphatic heterocycles. The van der Waals surface area contributed by atoms with Gasteiger partial charge in [0.1, 0.15) is 4.91 Å². The van der Waals surface area contributed by atoms with Gasteiger partial charge in [0.15, 0.2) is 5.76 Å². The van der Waals surface area contributed by atoms with E-state index < -0.39 is 27.5 Å². The number of carbonyl (C=O) groups excluding carboxylic acids is 1. The molecule has 0 aromatic heterocycles. The summed E-state index contributed by atoms with van der Waals surface area (Å²) < 4.78 is 27.1. The summed E-state index contributed by atoms with van der Waals surface area (Å²) >= 11 is 5.98. The highest BCUT2D eigenvalue weighted by Crippen LogP contribution is 2.43. The molecule has 1 aliphatic rings. The van der Waals surface area contributed by atoms with Gasteiger partial charge in [0.2, 0.25) is 9.84 Å². The minimum atomic E-state index is -4.12. The number of hydrogen-bond donors (Lipinski definition) is 1. The van der Waals surface area contributed by atoms with Gasteiger partial charge in [-0.15, -0.1) is 0 Å². The van der Waals surface area contributed by atoms with Crippen LogP contribution in [-0.4, -0.2) is 24.3 Å². The summed E-state index contributed by atoms with van der Waals surface area (Å²) in [7, 11) is -4.12. The van der Waals surface area contributed by atoms with E-state index >= 15 is 0 Å². The summed E-state index contributed by atoms with van der Waals surface area (Å²) in [6, 6.07) is 21.3. The van der Waals surface area contributed by atoms with Crippen LogP contribution in [0.1, 0.15) is 29.7 Å². The normalized spacial score (nSPS) is 16.6. The molecule has 0 saturated heterocycles. The minimum absolute atomic E-state index is 0.0258. The smallest absolute Gasteiger partial charge is 0.290 e. The Labute approximate surface area is 192 Å². The second-order valence-corrected chi connectivity index (χ2v) is 9.94. The van der Waals surface area contributed by atoms with Crippen LogP contribution in [0.25, 0.3) is 0 Å². The lowest BCUT2D eigenvalue weighted by atomic mass is 10.0. The van der Waals surface area contributed by atoms with Gasteiger partial charge in [0.25, 0.3) is 5.91 Å². The van der Waals surface area contributed by atoms with Crippen LogP contribution < -0.4 is 0 Å². The molecule has 5 nitrogen and oxygen atoms in total. The van der Waals surface area contributed by atoms with Crippen LogP contribution in [0.5, 0.6) is 0 Å². The molecule has 0 fully saturated rings. The van der Waals surface area contributed by atoms with Gasteiger partial charge in [-0.05, 0) is 47.4 Å². The monoisotopic (exact) mass is 467 g/mol. The largest absolute Gasteiger partial charge is 0.502 e. The molecular weight excluding hydrogens is 446 g/mol. The van der Waals surface area contributed by atoms with Gasteiger partial charge in [-0.3, -0.25) is 4.79 Å². The van der Waals surface area contributed by atoms with Crippen molar-refractivity contribution in [3.63, 3.8) is 0 Å². The van der Waals surface area contributed by atoms with Crippen molar-refractivity contribution in [3.8, 4) is 0 Å². The van der Waals surface area contributed by atoms with Crippen LogP contribution in [0.4, 0.5) is 0 Å². The number of hydrogen-bond acceptors (Lipinski definition) is 4. The first-order chi connectivity index (χ1) is 15.3. The van der Waals surface area contributed by atoms with Gasteiger partial charge in [-0.2, -0.15) is 0 Å². The highest BCUT2D eigenvalue weighted by Gasteiger charge is 2.46. The minimum Gasteiger partial charge on any atom is -0.502 e. The lowest BCUT2D eigenvalue weighted by Crippen LogP contribution is -2.30. The maximum absolute atomic E-state index is 13.5. The molecule has 0 spiro atoms. The second kappa shape index (κ2) is 8.81. The summed E-state index contributed by atoms with van der Waals surface area (Å²) in [5.74, 6) is -1.47. The molecule has 3 aromatic rings. The van der Waals surface area contributed by atoms with Crippen molar-refractivity contribution in [1.29, 1.82) is 0 Å². The fraction of sp³-hybridized carbons (Fsp3) is 0.160.